The van der Waals surface area contributed by atoms with Crippen LogP contribution in [0.25, 0.3) is 11.6 Å². The van der Waals surface area contributed by atoms with Crippen LogP contribution in [0.15, 0.2) is 71.3 Å². The van der Waals surface area contributed by atoms with E-state index in [4.69, 9.17) is 9.15 Å². The van der Waals surface area contributed by atoms with Crippen molar-refractivity contribution < 1.29 is 19.1 Å². The number of allylic oxidation sites excluding steroid dienone is 1. The van der Waals surface area contributed by atoms with Gasteiger partial charge in [0.05, 0.1) is 6.26 Å². The van der Waals surface area contributed by atoms with Gasteiger partial charge < -0.3 is 19.6 Å². The average Bonchev–Trinajstić information content (AvgIpc) is 3.30. The van der Waals surface area contributed by atoms with E-state index in [1.165, 1.54) is 7.11 Å². The van der Waals surface area contributed by atoms with Crippen molar-refractivity contribution in [3.8, 4) is 0 Å². The lowest BCUT2D eigenvalue weighted by Gasteiger charge is -2.40. The van der Waals surface area contributed by atoms with Crippen molar-refractivity contribution in [1.82, 2.24) is 0 Å². The Balaban J connectivity index is 1.86. The largest absolute Gasteiger partial charge is 0.465 e. The number of aliphatic hydroxyl groups is 1. The van der Waals surface area contributed by atoms with Crippen LogP contribution in [0.1, 0.15) is 42.2 Å². The highest BCUT2D eigenvalue weighted by Crippen LogP contribution is 2.43. The average molecular weight is 403 g/mol. The van der Waals surface area contributed by atoms with Gasteiger partial charge in [0.2, 0.25) is 0 Å². The first-order valence-corrected chi connectivity index (χ1v) is 10.1. The van der Waals surface area contributed by atoms with Crippen molar-refractivity contribution in [2.24, 2.45) is 0 Å². The molecule has 1 aliphatic rings. The molecule has 5 heteroatoms. The first-order chi connectivity index (χ1) is 14.6. The molecular weight excluding hydrogens is 378 g/mol. The number of furan rings is 1. The number of anilines is 1. The summed E-state index contributed by atoms with van der Waals surface area (Å²) in [7, 11) is 1.43. The molecule has 2 heterocycles. The molecule has 2 atom stereocenters. The topological polar surface area (TPSA) is 71.7 Å². The van der Waals surface area contributed by atoms with Gasteiger partial charge in [0.25, 0.3) is 5.91 Å². The summed E-state index contributed by atoms with van der Waals surface area (Å²) in [6, 6.07) is 18.6. The van der Waals surface area contributed by atoms with Gasteiger partial charge in [-0.3, -0.25) is 4.79 Å². The predicted molar refractivity (Wildman–Crippen MR) is 117 cm³/mol. The molecule has 30 heavy (non-hydrogen) atoms. The number of fused-ring (bicyclic) bond motifs is 1. The molecule has 154 valence electrons. The zero-order valence-electron chi connectivity index (χ0n) is 17.1. The monoisotopic (exact) mass is 403 g/mol. The fourth-order valence-corrected chi connectivity index (χ4v) is 4.08. The Morgan fingerprint density at radius 3 is 2.67 bits per heavy atom. The number of hydrogen-bond donors (Lipinski definition) is 2. The smallest absolute Gasteiger partial charge is 0.257 e. The van der Waals surface area contributed by atoms with Crippen molar-refractivity contribution in [3.63, 3.8) is 0 Å². The summed E-state index contributed by atoms with van der Waals surface area (Å²) < 4.78 is 11.1. The lowest BCUT2D eigenvalue weighted by molar-refractivity contribution is -0.142. The zero-order chi connectivity index (χ0) is 21.1. The van der Waals surface area contributed by atoms with Crippen LogP contribution in [0.3, 0.4) is 0 Å². The van der Waals surface area contributed by atoms with Crippen LogP contribution in [-0.2, 0) is 15.1 Å². The summed E-state index contributed by atoms with van der Waals surface area (Å²) >= 11 is 0. The van der Waals surface area contributed by atoms with Crippen molar-refractivity contribution >= 4 is 23.2 Å². The molecule has 0 aliphatic carbocycles. The minimum atomic E-state index is -1.60. The lowest BCUT2D eigenvalue weighted by atomic mass is 9.77. The molecule has 3 aromatic rings. The number of hydrogen-bond acceptors (Lipinski definition) is 4. The Kier molecular flexibility index (Phi) is 5.57. The highest BCUT2D eigenvalue weighted by atomic mass is 16.5. The molecule has 2 unspecified atom stereocenters. The van der Waals surface area contributed by atoms with Gasteiger partial charge in [0, 0.05) is 18.4 Å². The number of carbonyl (C=O) groups is 1. The second-order valence-electron chi connectivity index (χ2n) is 7.44. The molecule has 0 radical (unpaired) electrons. The molecule has 4 rings (SSSR count). The van der Waals surface area contributed by atoms with Crippen LogP contribution < -0.4 is 5.32 Å². The number of rotatable bonds is 6. The highest BCUT2D eigenvalue weighted by molar-refractivity contribution is 6.00. The number of amides is 1. The molecule has 0 spiro atoms. The maximum atomic E-state index is 12.7. The standard InChI is InChI=1S/C25H25NO4/c1-3-8-18(22-11-7-14-30-22)15-17-12-13-21-20(16-17)25(28,19-9-5-4-6-10-19)23(29-2)24(27)26-21/h4-7,9-16,23,28H,3,8H2,1-2H3,(H,26,27). The van der Waals surface area contributed by atoms with Gasteiger partial charge in [-0.05, 0) is 53.5 Å². The maximum Gasteiger partial charge on any atom is 0.257 e. The third kappa shape index (κ3) is 3.47. The first-order valence-electron chi connectivity index (χ1n) is 10.1. The normalized spacial score (nSPS) is 21.2. The Hall–Kier alpha value is -3.15. The van der Waals surface area contributed by atoms with Gasteiger partial charge in [-0.2, -0.15) is 0 Å². The van der Waals surface area contributed by atoms with Crippen LogP contribution in [0, 0.1) is 0 Å². The van der Waals surface area contributed by atoms with E-state index in [1.54, 1.807) is 6.26 Å². The molecule has 1 aromatic heterocycles. The van der Waals surface area contributed by atoms with Crippen molar-refractivity contribution in [2.45, 2.75) is 31.5 Å². The number of benzene rings is 2. The molecule has 0 fully saturated rings. The minimum Gasteiger partial charge on any atom is -0.465 e. The van der Waals surface area contributed by atoms with Gasteiger partial charge in [0.15, 0.2) is 11.7 Å². The fraction of sp³-hybridized carbons (Fsp3) is 0.240. The van der Waals surface area contributed by atoms with Crippen molar-refractivity contribution in [2.75, 3.05) is 12.4 Å². The number of ether oxygens (including phenoxy) is 1. The van der Waals surface area contributed by atoms with E-state index in [9.17, 15) is 9.90 Å². The maximum absolute atomic E-state index is 12.7. The van der Waals surface area contributed by atoms with Gasteiger partial charge in [-0.15, -0.1) is 0 Å². The van der Waals surface area contributed by atoms with Crippen LogP contribution >= 0.6 is 0 Å². The molecule has 2 N–H and O–H groups in total. The van der Waals surface area contributed by atoms with Gasteiger partial charge in [-0.25, -0.2) is 0 Å². The van der Waals surface area contributed by atoms with Crippen LogP contribution in [0.4, 0.5) is 5.69 Å². The summed E-state index contributed by atoms with van der Waals surface area (Å²) in [6.45, 7) is 2.12. The van der Waals surface area contributed by atoms with Crippen LogP contribution in [0.5, 0.6) is 0 Å². The second-order valence-corrected chi connectivity index (χ2v) is 7.44. The summed E-state index contributed by atoms with van der Waals surface area (Å²) in [5, 5.41) is 14.7. The molecule has 1 aliphatic heterocycles. The molecule has 0 saturated carbocycles. The molecule has 5 nitrogen and oxygen atoms in total. The molecule has 2 aromatic carbocycles. The Morgan fingerprint density at radius 1 is 1.20 bits per heavy atom. The lowest BCUT2D eigenvalue weighted by Crippen LogP contribution is -2.52. The third-order valence-electron chi connectivity index (χ3n) is 5.48. The predicted octanol–water partition coefficient (Wildman–Crippen LogP) is 4.82. The quantitative estimate of drug-likeness (QED) is 0.619. The molecule has 0 bridgehead atoms. The van der Waals surface area contributed by atoms with Crippen molar-refractivity contribution in [3.05, 3.63) is 89.4 Å². The number of carbonyl (C=O) groups excluding carboxylic acids is 1. The summed E-state index contributed by atoms with van der Waals surface area (Å²) in [5.41, 5.74) is 2.17. The van der Waals surface area contributed by atoms with E-state index in [2.05, 4.69) is 18.3 Å². The minimum absolute atomic E-state index is 0.373. The van der Waals surface area contributed by atoms with Gasteiger partial charge in [0.1, 0.15) is 5.76 Å². The van der Waals surface area contributed by atoms with E-state index in [-0.39, 0.29) is 5.91 Å². The Labute approximate surface area is 176 Å². The zero-order valence-corrected chi connectivity index (χ0v) is 17.1. The third-order valence-corrected chi connectivity index (χ3v) is 5.48. The van der Waals surface area contributed by atoms with E-state index >= 15 is 0 Å². The van der Waals surface area contributed by atoms with Crippen LogP contribution in [-0.4, -0.2) is 24.2 Å². The summed E-state index contributed by atoms with van der Waals surface area (Å²) in [4.78, 5) is 12.7. The Bertz CT molecular complexity index is 1060. The van der Waals surface area contributed by atoms with Crippen LogP contribution in [0.2, 0.25) is 0 Å². The van der Waals surface area contributed by atoms with E-state index in [0.29, 0.717) is 16.8 Å². The van der Waals surface area contributed by atoms with E-state index < -0.39 is 11.7 Å². The van der Waals surface area contributed by atoms with E-state index in [0.717, 1.165) is 29.7 Å². The Morgan fingerprint density at radius 2 is 2.00 bits per heavy atom. The van der Waals surface area contributed by atoms with Gasteiger partial charge in [-0.1, -0.05) is 49.7 Å². The van der Waals surface area contributed by atoms with Gasteiger partial charge >= 0.3 is 0 Å². The highest BCUT2D eigenvalue weighted by Gasteiger charge is 2.49. The second kappa shape index (κ2) is 8.30. The fourth-order valence-electron chi connectivity index (χ4n) is 4.08. The van der Waals surface area contributed by atoms with E-state index in [1.807, 2.05) is 60.7 Å². The molecule has 0 saturated heterocycles. The molecular formula is C25H25NO4. The molecule has 1 amide bonds. The summed E-state index contributed by atoms with van der Waals surface area (Å²) in [5.74, 6) is 0.456. The van der Waals surface area contributed by atoms with Crippen molar-refractivity contribution in [1.29, 1.82) is 0 Å². The number of nitrogens with one attached hydrogen (secondary N) is 1. The number of methoxy groups -OCH3 is 1. The SMILES string of the molecule is CCCC(=Cc1ccc2c(c1)C(O)(c1ccccc1)C(OC)C(=O)N2)c1ccco1. The first kappa shape index (κ1) is 20.1. The summed E-state index contributed by atoms with van der Waals surface area (Å²) in [6.07, 6.45) is 4.51.